The average Bonchev–Trinajstić information content (AvgIpc) is 3.18. The van der Waals surface area contributed by atoms with Crippen LogP contribution in [0.4, 0.5) is 17.1 Å². The third-order valence-corrected chi connectivity index (χ3v) is 10.0. The van der Waals surface area contributed by atoms with Gasteiger partial charge in [-0.3, -0.25) is 19.4 Å². The number of ether oxygens (including phenoxy) is 2. The molecule has 0 radical (unpaired) electrons. The number of aliphatic hydroxyl groups is 1. The number of para-hydroxylation sites is 2. The molecule has 5 N–H and O–H groups in total. The fourth-order valence-electron chi connectivity index (χ4n) is 6.99. The Bertz CT molecular complexity index is 1730. The predicted molar refractivity (Wildman–Crippen MR) is 209 cm³/mol. The van der Waals surface area contributed by atoms with Crippen LogP contribution < -0.4 is 16.4 Å². The smallest absolute Gasteiger partial charge is 0.224 e. The van der Waals surface area contributed by atoms with E-state index >= 15 is 0 Å². The second kappa shape index (κ2) is 19.5. The van der Waals surface area contributed by atoms with Gasteiger partial charge in [-0.1, -0.05) is 91.7 Å². The van der Waals surface area contributed by atoms with Crippen LogP contribution in [0.25, 0.3) is 0 Å². The molecule has 10 heteroatoms. The van der Waals surface area contributed by atoms with Crippen LogP contribution in [0.15, 0.2) is 103 Å². The topological polar surface area (TPSA) is 129 Å². The van der Waals surface area contributed by atoms with E-state index < -0.39 is 6.29 Å². The van der Waals surface area contributed by atoms with E-state index in [0.29, 0.717) is 24.2 Å². The Balaban J connectivity index is 0.965. The molecule has 0 unspecified atom stereocenters. The summed E-state index contributed by atoms with van der Waals surface area (Å²) in [7, 11) is 0. The Morgan fingerprint density at radius 2 is 1.30 bits per heavy atom. The number of aliphatic hydroxyl groups excluding tert-OH is 1. The van der Waals surface area contributed by atoms with Crippen molar-refractivity contribution in [2.75, 3.05) is 49.1 Å². The van der Waals surface area contributed by atoms with E-state index in [1.165, 1.54) is 5.56 Å². The van der Waals surface area contributed by atoms with Crippen LogP contribution in [0, 0.1) is 0 Å². The molecule has 2 amide bonds. The van der Waals surface area contributed by atoms with E-state index in [-0.39, 0.29) is 30.6 Å². The lowest BCUT2D eigenvalue weighted by molar-refractivity contribution is -0.253. The van der Waals surface area contributed by atoms with E-state index in [1.54, 1.807) is 12.1 Å². The molecule has 2 heterocycles. The maximum absolute atomic E-state index is 12.7. The number of nitrogens with one attached hydrogen (secondary N) is 2. The summed E-state index contributed by atoms with van der Waals surface area (Å²) in [4.78, 5) is 30.0. The van der Waals surface area contributed by atoms with Gasteiger partial charge in [-0.25, -0.2) is 0 Å². The van der Waals surface area contributed by atoms with Gasteiger partial charge in [-0.05, 0) is 53.8 Å². The minimum atomic E-state index is -0.549. The normalized spacial score (nSPS) is 19.5. The van der Waals surface area contributed by atoms with E-state index in [1.807, 2.05) is 60.7 Å². The molecule has 6 rings (SSSR count). The molecule has 4 aromatic rings. The maximum Gasteiger partial charge on any atom is 0.224 e. The summed E-state index contributed by atoms with van der Waals surface area (Å²) in [6, 6.07) is 33.6. The molecule has 3 atom stereocenters. The van der Waals surface area contributed by atoms with Crippen LogP contribution in [0.2, 0.25) is 0 Å². The number of nitrogens with two attached hydrogens (primary N) is 1. The minimum absolute atomic E-state index is 0.00547. The Morgan fingerprint density at radius 3 is 1.98 bits per heavy atom. The van der Waals surface area contributed by atoms with Crippen molar-refractivity contribution >= 4 is 28.9 Å². The number of benzene rings is 4. The fourth-order valence-corrected chi connectivity index (χ4v) is 6.99. The van der Waals surface area contributed by atoms with Crippen molar-refractivity contribution in [3.8, 4) is 0 Å². The lowest BCUT2D eigenvalue weighted by Gasteiger charge is -2.40. The maximum atomic E-state index is 12.7. The zero-order valence-corrected chi connectivity index (χ0v) is 30.5. The average molecular weight is 720 g/mol. The number of anilines is 3. The molecule has 2 aliphatic rings. The zero-order chi connectivity index (χ0) is 36.8. The number of piperazine rings is 1. The predicted octanol–water partition coefficient (Wildman–Crippen LogP) is 7.04. The Kier molecular flexibility index (Phi) is 14.0. The zero-order valence-electron chi connectivity index (χ0n) is 30.5. The number of hydrogen-bond donors (Lipinski definition) is 4. The summed E-state index contributed by atoms with van der Waals surface area (Å²) >= 11 is 0. The highest BCUT2D eigenvalue weighted by molar-refractivity contribution is 5.93. The van der Waals surface area contributed by atoms with Crippen molar-refractivity contribution in [3.63, 3.8) is 0 Å². The lowest BCUT2D eigenvalue weighted by atomic mass is 9.99. The first-order valence-corrected chi connectivity index (χ1v) is 19.0. The monoisotopic (exact) mass is 719 g/mol. The first kappa shape index (κ1) is 38.2. The highest BCUT2D eigenvalue weighted by atomic mass is 16.7. The number of carbonyl (C=O) groups is 2. The van der Waals surface area contributed by atoms with E-state index in [4.69, 9.17) is 15.2 Å². The number of amides is 2. The van der Waals surface area contributed by atoms with Gasteiger partial charge in [0.1, 0.15) is 0 Å². The Labute approximate surface area is 313 Å². The van der Waals surface area contributed by atoms with Crippen molar-refractivity contribution in [1.29, 1.82) is 0 Å². The second-order valence-electron chi connectivity index (χ2n) is 14.1. The molecular formula is C43H53N5O5. The SMILES string of the molecule is Nc1ccccc1NC(=O)CCCCCCC(=O)Nc1ccc([C@H]2O[C@@H](CN3CCN(Cc4ccccc4)CC3)C[C@@H](c3ccc(CO)cc3)O2)cc1. The van der Waals surface area contributed by atoms with Gasteiger partial charge >= 0.3 is 0 Å². The molecule has 280 valence electrons. The van der Waals surface area contributed by atoms with Gasteiger partial charge in [0, 0.05) is 69.8 Å². The first-order chi connectivity index (χ1) is 25.9. The molecule has 2 fully saturated rings. The van der Waals surface area contributed by atoms with Gasteiger partial charge in [0.2, 0.25) is 11.8 Å². The Hall–Kier alpha value is -4.58. The number of nitrogen functional groups attached to an aromatic ring is 1. The van der Waals surface area contributed by atoms with E-state index in [9.17, 15) is 14.7 Å². The number of unbranched alkanes of at least 4 members (excludes halogenated alkanes) is 3. The molecule has 4 aromatic carbocycles. The quantitative estimate of drug-likeness (QED) is 0.0717. The molecule has 0 spiro atoms. The highest BCUT2D eigenvalue weighted by Crippen LogP contribution is 2.38. The van der Waals surface area contributed by atoms with Gasteiger partial charge in [0.25, 0.3) is 0 Å². The minimum Gasteiger partial charge on any atom is -0.397 e. The van der Waals surface area contributed by atoms with Gasteiger partial charge in [0.05, 0.1) is 30.2 Å². The number of hydrogen-bond acceptors (Lipinski definition) is 8. The fraction of sp³-hybridized carbons (Fsp3) is 0.395. The number of carbonyl (C=O) groups excluding carboxylic acids is 2. The van der Waals surface area contributed by atoms with Crippen molar-refractivity contribution in [3.05, 3.63) is 125 Å². The van der Waals surface area contributed by atoms with Gasteiger partial charge in [-0.2, -0.15) is 0 Å². The van der Waals surface area contributed by atoms with Crippen molar-refractivity contribution in [2.24, 2.45) is 0 Å². The molecule has 2 saturated heterocycles. The van der Waals surface area contributed by atoms with Crippen LogP contribution in [0.5, 0.6) is 0 Å². The summed E-state index contributed by atoms with van der Waals surface area (Å²) in [6.07, 6.45) is 4.12. The molecule has 0 bridgehead atoms. The van der Waals surface area contributed by atoms with Crippen LogP contribution >= 0.6 is 0 Å². The molecule has 2 aliphatic heterocycles. The van der Waals surface area contributed by atoms with Crippen LogP contribution in [-0.4, -0.2) is 65.5 Å². The van der Waals surface area contributed by atoms with Gasteiger partial charge < -0.3 is 30.9 Å². The number of rotatable bonds is 16. The largest absolute Gasteiger partial charge is 0.397 e. The third kappa shape index (κ3) is 11.7. The van der Waals surface area contributed by atoms with Gasteiger partial charge in [0.15, 0.2) is 6.29 Å². The lowest BCUT2D eigenvalue weighted by Crippen LogP contribution is -2.49. The van der Waals surface area contributed by atoms with Crippen molar-refractivity contribution in [1.82, 2.24) is 9.80 Å². The molecule has 0 aliphatic carbocycles. The van der Waals surface area contributed by atoms with Crippen molar-refractivity contribution < 1.29 is 24.2 Å². The summed E-state index contributed by atoms with van der Waals surface area (Å²) in [5, 5.41) is 15.4. The summed E-state index contributed by atoms with van der Waals surface area (Å²) in [5.41, 5.74) is 12.0. The molecule has 10 nitrogen and oxygen atoms in total. The summed E-state index contributed by atoms with van der Waals surface area (Å²) < 4.78 is 13.2. The van der Waals surface area contributed by atoms with Crippen LogP contribution in [-0.2, 0) is 32.2 Å². The molecule has 0 saturated carbocycles. The second-order valence-corrected chi connectivity index (χ2v) is 14.1. The Morgan fingerprint density at radius 1 is 0.679 bits per heavy atom. The third-order valence-electron chi connectivity index (χ3n) is 10.0. The van der Waals surface area contributed by atoms with Crippen LogP contribution in [0.1, 0.15) is 79.6 Å². The standard InChI is InChI=1S/C43H53N5O5/c44-38-12-8-9-13-39(38)46-42(51)15-7-2-1-6-14-41(50)45-36-22-20-35(21-23-36)43-52-37(28-40(53-43)34-18-16-33(31-49)17-19-34)30-48-26-24-47(25-27-48)29-32-10-4-3-5-11-32/h3-5,8-13,16-23,37,40,43,49H,1-2,6-7,14-15,24-31,44H2,(H,45,50)(H,46,51)/t37-,40+,43+/m1/s1. The summed E-state index contributed by atoms with van der Waals surface area (Å²) in [5.74, 6) is -0.0837. The van der Waals surface area contributed by atoms with E-state index in [2.05, 4.69) is 50.8 Å². The molecular weight excluding hydrogens is 667 g/mol. The van der Waals surface area contributed by atoms with Crippen LogP contribution in [0.3, 0.4) is 0 Å². The highest BCUT2D eigenvalue weighted by Gasteiger charge is 2.34. The van der Waals surface area contributed by atoms with E-state index in [0.717, 1.165) is 93.8 Å². The first-order valence-electron chi connectivity index (χ1n) is 19.0. The molecule has 53 heavy (non-hydrogen) atoms. The van der Waals surface area contributed by atoms with Gasteiger partial charge in [-0.15, -0.1) is 0 Å². The number of nitrogens with zero attached hydrogens (tertiary/aromatic N) is 2. The summed E-state index contributed by atoms with van der Waals surface area (Å²) in [6.45, 7) is 5.82. The van der Waals surface area contributed by atoms with Crippen molar-refractivity contribution in [2.45, 2.75) is 76.6 Å². The molecule has 0 aromatic heterocycles.